The number of carbonyl (C=O) groups is 2. The van der Waals surface area contributed by atoms with Gasteiger partial charge in [-0.1, -0.05) is 103 Å². The number of nitrogen functional groups attached to an aromatic ring is 1. The van der Waals surface area contributed by atoms with Crippen molar-refractivity contribution >= 4 is 23.8 Å². The van der Waals surface area contributed by atoms with Gasteiger partial charge in [0.2, 0.25) is 0 Å². The number of hydrogen-bond donors (Lipinski definition) is 3. The lowest BCUT2D eigenvalue weighted by molar-refractivity contribution is -0.145. The van der Waals surface area contributed by atoms with Crippen LogP contribution in [0.1, 0.15) is 27.0 Å². The fourth-order valence-electron chi connectivity index (χ4n) is 4.37. The molecule has 4 rings (SSSR count). The molecule has 4 N–H and O–H groups in total. The van der Waals surface area contributed by atoms with Crippen LogP contribution in [0.15, 0.2) is 115 Å². The van der Waals surface area contributed by atoms with Crippen molar-refractivity contribution < 1.29 is 14.3 Å². The standard InChI is InChI=1S/C33H31N3O3/c1-39-33(38)29(22-24-9-8-14-28(21-24)31(34)35)30(36-32(37)27-12-6-3-7-13-27)20-17-23-15-18-26(19-16-23)25-10-4-2-5-11-25/h2-21,29-30H,22H2,1H3,(H3,34,35)(H,36,37)/b20-17+. The molecule has 2 unspecified atom stereocenters. The van der Waals surface area contributed by atoms with Gasteiger partial charge in [-0.2, -0.15) is 0 Å². The number of amidine groups is 1. The first-order valence-electron chi connectivity index (χ1n) is 12.7. The van der Waals surface area contributed by atoms with Gasteiger partial charge in [0.1, 0.15) is 5.84 Å². The van der Waals surface area contributed by atoms with Crippen LogP contribution in [-0.2, 0) is 16.0 Å². The zero-order valence-corrected chi connectivity index (χ0v) is 21.7. The number of rotatable bonds is 10. The van der Waals surface area contributed by atoms with Crippen LogP contribution < -0.4 is 11.1 Å². The molecule has 0 aliphatic heterocycles. The highest BCUT2D eigenvalue weighted by atomic mass is 16.5. The summed E-state index contributed by atoms with van der Waals surface area (Å²) in [6.45, 7) is 0. The summed E-state index contributed by atoms with van der Waals surface area (Å²) in [5, 5.41) is 10.8. The van der Waals surface area contributed by atoms with Gasteiger partial charge in [0, 0.05) is 11.1 Å². The highest BCUT2D eigenvalue weighted by Gasteiger charge is 2.29. The third kappa shape index (κ3) is 7.29. The molecule has 0 saturated carbocycles. The SMILES string of the molecule is COC(=O)C(Cc1cccc(C(=N)N)c1)C(/C=C/c1ccc(-c2ccccc2)cc1)NC(=O)c1ccccc1. The lowest BCUT2D eigenvalue weighted by Crippen LogP contribution is -2.43. The number of methoxy groups -OCH3 is 1. The Morgan fingerprint density at radius 2 is 1.46 bits per heavy atom. The molecule has 1 amide bonds. The van der Waals surface area contributed by atoms with Crippen molar-refractivity contribution in [1.29, 1.82) is 5.41 Å². The molecule has 4 aromatic rings. The quantitative estimate of drug-likeness (QED) is 0.147. The summed E-state index contributed by atoms with van der Waals surface area (Å²) in [6.07, 6.45) is 4.01. The van der Waals surface area contributed by atoms with Crippen LogP contribution in [0, 0.1) is 11.3 Å². The number of nitrogens with two attached hydrogens (primary N) is 1. The van der Waals surface area contributed by atoms with Crippen LogP contribution >= 0.6 is 0 Å². The number of carbonyl (C=O) groups excluding carboxylic acids is 2. The van der Waals surface area contributed by atoms with Crippen LogP contribution in [-0.4, -0.2) is 30.9 Å². The molecule has 2 atom stereocenters. The zero-order valence-electron chi connectivity index (χ0n) is 21.7. The van der Waals surface area contributed by atoms with Gasteiger partial charge in [0.25, 0.3) is 5.91 Å². The van der Waals surface area contributed by atoms with Crippen molar-refractivity contribution in [3.63, 3.8) is 0 Å². The second-order valence-corrected chi connectivity index (χ2v) is 9.16. The van der Waals surface area contributed by atoms with Crippen LogP contribution in [0.2, 0.25) is 0 Å². The molecule has 0 radical (unpaired) electrons. The van der Waals surface area contributed by atoms with Gasteiger partial charge in [-0.25, -0.2) is 0 Å². The van der Waals surface area contributed by atoms with Gasteiger partial charge in [-0.05, 0) is 46.9 Å². The Labute approximate surface area is 228 Å². The van der Waals surface area contributed by atoms with E-state index >= 15 is 0 Å². The fourth-order valence-corrected chi connectivity index (χ4v) is 4.37. The maximum atomic E-state index is 13.1. The van der Waals surface area contributed by atoms with E-state index in [0.717, 1.165) is 22.3 Å². The Kier molecular flexibility index (Phi) is 9.03. The minimum absolute atomic E-state index is 0.0563. The molecule has 0 aromatic heterocycles. The van der Waals surface area contributed by atoms with E-state index in [1.54, 1.807) is 42.5 Å². The van der Waals surface area contributed by atoms with E-state index in [2.05, 4.69) is 17.4 Å². The van der Waals surface area contributed by atoms with Crippen molar-refractivity contribution in [3.8, 4) is 11.1 Å². The number of amides is 1. The van der Waals surface area contributed by atoms with Crippen LogP contribution in [0.25, 0.3) is 17.2 Å². The van der Waals surface area contributed by atoms with Crippen LogP contribution in [0.5, 0.6) is 0 Å². The molecule has 0 saturated heterocycles. The van der Waals surface area contributed by atoms with E-state index in [1.807, 2.05) is 66.7 Å². The summed E-state index contributed by atoms with van der Waals surface area (Å²) < 4.78 is 5.16. The minimum atomic E-state index is -0.718. The lowest BCUT2D eigenvalue weighted by Gasteiger charge is -2.24. The molecule has 0 spiro atoms. The van der Waals surface area contributed by atoms with Gasteiger partial charge in [0.15, 0.2) is 0 Å². The van der Waals surface area contributed by atoms with E-state index in [9.17, 15) is 9.59 Å². The molecule has 6 heteroatoms. The summed E-state index contributed by atoms with van der Waals surface area (Å²) in [5.41, 5.74) is 10.7. The molecule has 4 aromatic carbocycles. The molecule has 0 fully saturated rings. The van der Waals surface area contributed by atoms with Gasteiger partial charge in [-0.3, -0.25) is 15.0 Å². The van der Waals surface area contributed by atoms with E-state index < -0.39 is 17.9 Å². The summed E-state index contributed by atoms with van der Waals surface area (Å²) in [4.78, 5) is 26.2. The first kappa shape index (κ1) is 27.1. The minimum Gasteiger partial charge on any atom is -0.469 e. The highest BCUT2D eigenvalue weighted by molar-refractivity contribution is 5.95. The zero-order chi connectivity index (χ0) is 27.6. The van der Waals surface area contributed by atoms with E-state index in [0.29, 0.717) is 11.1 Å². The Morgan fingerprint density at radius 1 is 0.846 bits per heavy atom. The van der Waals surface area contributed by atoms with Crippen molar-refractivity contribution in [1.82, 2.24) is 5.32 Å². The molecular formula is C33H31N3O3. The van der Waals surface area contributed by atoms with E-state index in [-0.39, 0.29) is 18.2 Å². The molecule has 196 valence electrons. The van der Waals surface area contributed by atoms with Crippen LogP contribution in [0.4, 0.5) is 0 Å². The highest BCUT2D eigenvalue weighted by Crippen LogP contribution is 2.22. The van der Waals surface area contributed by atoms with Crippen molar-refractivity contribution in [2.45, 2.75) is 12.5 Å². The number of ether oxygens (including phenoxy) is 1. The molecule has 0 bridgehead atoms. The maximum Gasteiger partial charge on any atom is 0.311 e. The fraction of sp³-hybridized carbons (Fsp3) is 0.121. The number of benzene rings is 4. The lowest BCUT2D eigenvalue weighted by atomic mass is 9.90. The first-order chi connectivity index (χ1) is 18.9. The molecule has 0 heterocycles. The smallest absolute Gasteiger partial charge is 0.311 e. The Balaban J connectivity index is 1.64. The predicted molar refractivity (Wildman–Crippen MR) is 155 cm³/mol. The van der Waals surface area contributed by atoms with Gasteiger partial charge < -0.3 is 15.8 Å². The average Bonchev–Trinajstić information content (AvgIpc) is 2.99. The van der Waals surface area contributed by atoms with Gasteiger partial charge in [-0.15, -0.1) is 0 Å². The summed E-state index contributed by atoms with van der Waals surface area (Å²) in [7, 11) is 1.34. The maximum absolute atomic E-state index is 13.1. The topological polar surface area (TPSA) is 105 Å². The molecule has 6 nitrogen and oxygen atoms in total. The normalized spacial score (nSPS) is 12.4. The van der Waals surface area contributed by atoms with E-state index in [4.69, 9.17) is 15.9 Å². The number of esters is 1. The third-order valence-electron chi connectivity index (χ3n) is 6.48. The van der Waals surface area contributed by atoms with Crippen molar-refractivity contribution in [3.05, 3.63) is 138 Å². The predicted octanol–water partition coefficient (Wildman–Crippen LogP) is 5.48. The number of hydrogen-bond acceptors (Lipinski definition) is 4. The largest absolute Gasteiger partial charge is 0.469 e. The molecule has 39 heavy (non-hydrogen) atoms. The van der Waals surface area contributed by atoms with Gasteiger partial charge in [0.05, 0.1) is 19.1 Å². The monoisotopic (exact) mass is 517 g/mol. The van der Waals surface area contributed by atoms with Crippen molar-refractivity contribution in [2.24, 2.45) is 11.7 Å². The summed E-state index contributed by atoms with van der Waals surface area (Å²) in [5.74, 6) is -1.52. The van der Waals surface area contributed by atoms with Gasteiger partial charge >= 0.3 is 5.97 Å². The van der Waals surface area contributed by atoms with Crippen molar-refractivity contribution in [2.75, 3.05) is 7.11 Å². The number of nitrogens with one attached hydrogen (secondary N) is 2. The average molecular weight is 518 g/mol. The summed E-state index contributed by atoms with van der Waals surface area (Å²) >= 11 is 0. The van der Waals surface area contributed by atoms with Crippen LogP contribution in [0.3, 0.4) is 0 Å². The second kappa shape index (κ2) is 13.0. The summed E-state index contributed by atoms with van der Waals surface area (Å²) in [6, 6.07) is 33.6. The molecule has 0 aliphatic carbocycles. The second-order valence-electron chi connectivity index (χ2n) is 9.16. The molecule has 0 aliphatic rings. The molecular weight excluding hydrogens is 486 g/mol. The Hall–Kier alpha value is -4.97. The van der Waals surface area contributed by atoms with E-state index in [1.165, 1.54) is 7.11 Å². The third-order valence-corrected chi connectivity index (χ3v) is 6.48. The Morgan fingerprint density at radius 3 is 2.10 bits per heavy atom. The Bertz CT molecular complexity index is 1450. The first-order valence-corrected chi connectivity index (χ1v) is 12.7.